The van der Waals surface area contributed by atoms with Crippen molar-refractivity contribution in [1.29, 1.82) is 0 Å². The number of oxime groups is 1. The lowest BCUT2D eigenvalue weighted by Gasteiger charge is -2.08. The molecule has 0 fully saturated rings. The third-order valence-corrected chi connectivity index (χ3v) is 3.71. The lowest BCUT2D eigenvalue weighted by atomic mass is 10.2. The molecule has 1 atom stereocenters. The zero-order valence-corrected chi connectivity index (χ0v) is 10.4. The number of aromatic nitrogens is 1. The van der Waals surface area contributed by atoms with Gasteiger partial charge in [0.15, 0.2) is 5.84 Å². The Labute approximate surface area is 99.9 Å². The van der Waals surface area contributed by atoms with Crippen molar-refractivity contribution in [2.24, 2.45) is 10.9 Å². The minimum absolute atomic E-state index is 0.0513. The van der Waals surface area contributed by atoms with E-state index in [0.717, 1.165) is 17.7 Å². The predicted molar refractivity (Wildman–Crippen MR) is 67.8 cm³/mol. The second kappa shape index (κ2) is 6.37. The van der Waals surface area contributed by atoms with Crippen molar-refractivity contribution in [2.75, 3.05) is 0 Å². The molecule has 3 N–H and O–H groups in total. The zero-order valence-electron chi connectivity index (χ0n) is 9.55. The van der Waals surface area contributed by atoms with Gasteiger partial charge in [0, 0.05) is 17.2 Å². The van der Waals surface area contributed by atoms with Crippen LogP contribution in [0.2, 0.25) is 0 Å². The monoisotopic (exact) mass is 239 g/mol. The Balaban J connectivity index is 2.68. The van der Waals surface area contributed by atoms with Crippen LogP contribution in [0.3, 0.4) is 0 Å². The Morgan fingerprint density at radius 2 is 2.44 bits per heavy atom. The number of nitrogens with zero attached hydrogens (tertiary/aromatic N) is 2. The van der Waals surface area contributed by atoms with E-state index in [2.05, 4.69) is 24.0 Å². The summed E-state index contributed by atoms with van der Waals surface area (Å²) in [4.78, 5) is 4.03. The van der Waals surface area contributed by atoms with Gasteiger partial charge in [0.1, 0.15) is 5.69 Å². The van der Waals surface area contributed by atoms with Gasteiger partial charge in [0.05, 0.1) is 0 Å². The van der Waals surface area contributed by atoms with Gasteiger partial charge in [-0.25, -0.2) is 0 Å². The van der Waals surface area contributed by atoms with E-state index in [9.17, 15) is 0 Å². The Hall–Kier alpha value is -1.23. The molecule has 0 radical (unpaired) electrons. The van der Waals surface area contributed by atoms with Crippen LogP contribution in [-0.4, -0.2) is 21.3 Å². The summed E-state index contributed by atoms with van der Waals surface area (Å²) < 4.78 is 0. The quantitative estimate of drug-likeness (QED) is 0.357. The minimum atomic E-state index is 0.0513. The first-order chi connectivity index (χ1) is 7.67. The molecule has 16 heavy (non-hydrogen) atoms. The van der Waals surface area contributed by atoms with Crippen molar-refractivity contribution in [1.82, 2.24) is 4.98 Å². The SMILES string of the molecule is CCC(C)SCc1ccnc(C(N)=NO)c1. The zero-order chi connectivity index (χ0) is 12.0. The Bertz CT molecular complexity index is 368. The highest BCUT2D eigenvalue weighted by Gasteiger charge is 2.04. The highest BCUT2D eigenvalue weighted by molar-refractivity contribution is 7.99. The molecule has 5 heteroatoms. The lowest BCUT2D eigenvalue weighted by molar-refractivity contribution is 0.318. The predicted octanol–water partition coefficient (Wildman–Crippen LogP) is 2.21. The molecule has 0 amide bonds. The van der Waals surface area contributed by atoms with Crippen molar-refractivity contribution in [3.63, 3.8) is 0 Å². The Kier molecular flexibility index (Phi) is 5.11. The minimum Gasteiger partial charge on any atom is -0.409 e. The third-order valence-electron chi connectivity index (χ3n) is 2.30. The summed E-state index contributed by atoms with van der Waals surface area (Å²) in [5.41, 5.74) is 7.13. The number of hydrogen-bond acceptors (Lipinski definition) is 4. The molecule has 88 valence electrons. The van der Waals surface area contributed by atoms with E-state index in [1.54, 1.807) is 6.20 Å². The summed E-state index contributed by atoms with van der Waals surface area (Å²) in [6.45, 7) is 4.38. The van der Waals surface area contributed by atoms with E-state index in [0.29, 0.717) is 10.9 Å². The van der Waals surface area contributed by atoms with Crippen LogP contribution < -0.4 is 5.73 Å². The van der Waals surface area contributed by atoms with E-state index >= 15 is 0 Å². The normalized spacial score (nSPS) is 13.8. The highest BCUT2D eigenvalue weighted by atomic mass is 32.2. The summed E-state index contributed by atoms with van der Waals surface area (Å²) in [5.74, 6) is 0.971. The van der Waals surface area contributed by atoms with Crippen molar-refractivity contribution in [3.8, 4) is 0 Å². The molecule has 1 heterocycles. The van der Waals surface area contributed by atoms with Crippen LogP contribution in [0.15, 0.2) is 23.5 Å². The van der Waals surface area contributed by atoms with Crippen LogP contribution >= 0.6 is 11.8 Å². The van der Waals surface area contributed by atoms with E-state index in [4.69, 9.17) is 10.9 Å². The molecule has 1 rings (SSSR count). The molecule has 0 aromatic carbocycles. The number of thioether (sulfide) groups is 1. The molecule has 0 saturated carbocycles. The molecule has 1 unspecified atom stereocenters. The molecule has 0 aliphatic rings. The van der Waals surface area contributed by atoms with Gasteiger partial charge in [-0.15, -0.1) is 0 Å². The summed E-state index contributed by atoms with van der Waals surface area (Å²) in [6.07, 6.45) is 2.84. The first kappa shape index (κ1) is 12.8. The molecule has 1 aromatic rings. The van der Waals surface area contributed by atoms with Gasteiger partial charge in [-0.3, -0.25) is 4.98 Å². The highest BCUT2D eigenvalue weighted by Crippen LogP contribution is 2.19. The molecular weight excluding hydrogens is 222 g/mol. The lowest BCUT2D eigenvalue weighted by Crippen LogP contribution is -2.15. The maximum atomic E-state index is 8.55. The van der Waals surface area contributed by atoms with Crippen LogP contribution in [0.25, 0.3) is 0 Å². The van der Waals surface area contributed by atoms with Gasteiger partial charge in [-0.2, -0.15) is 11.8 Å². The molecule has 0 aliphatic carbocycles. The van der Waals surface area contributed by atoms with E-state index in [1.165, 1.54) is 0 Å². The fourth-order valence-corrected chi connectivity index (χ4v) is 2.00. The second-order valence-electron chi connectivity index (χ2n) is 3.56. The Morgan fingerprint density at radius 3 is 3.06 bits per heavy atom. The molecule has 0 spiro atoms. The van der Waals surface area contributed by atoms with Crippen LogP contribution in [0.5, 0.6) is 0 Å². The molecule has 1 aromatic heterocycles. The fourth-order valence-electron chi connectivity index (χ4n) is 1.11. The second-order valence-corrected chi connectivity index (χ2v) is 4.99. The number of pyridine rings is 1. The molecule has 0 aliphatic heterocycles. The first-order valence-electron chi connectivity index (χ1n) is 5.21. The standard InChI is InChI=1S/C11H17N3OS/c1-3-8(2)16-7-9-4-5-13-10(6-9)11(12)14-15/h4-6,8,15H,3,7H2,1-2H3,(H2,12,14). The fraction of sp³-hybridized carbons (Fsp3) is 0.455. The van der Waals surface area contributed by atoms with Crippen molar-refractivity contribution in [3.05, 3.63) is 29.6 Å². The van der Waals surface area contributed by atoms with Crippen LogP contribution in [0, 0.1) is 0 Å². The van der Waals surface area contributed by atoms with Crippen LogP contribution in [0.4, 0.5) is 0 Å². The van der Waals surface area contributed by atoms with E-state index in [-0.39, 0.29) is 5.84 Å². The number of hydrogen-bond donors (Lipinski definition) is 2. The third kappa shape index (κ3) is 3.73. The van der Waals surface area contributed by atoms with E-state index in [1.807, 2.05) is 23.9 Å². The Morgan fingerprint density at radius 1 is 1.69 bits per heavy atom. The van der Waals surface area contributed by atoms with Gasteiger partial charge in [-0.1, -0.05) is 19.0 Å². The maximum absolute atomic E-state index is 8.55. The summed E-state index contributed by atoms with van der Waals surface area (Å²) in [5, 5.41) is 12.1. The van der Waals surface area contributed by atoms with Crippen molar-refractivity contribution >= 4 is 17.6 Å². The topological polar surface area (TPSA) is 71.5 Å². The average Bonchev–Trinajstić information content (AvgIpc) is 2.35. The first-order valence-corrected chi connectivity index (χ1v) is 6.26. The average molecular weight is 239 g/mol. The number of amidine groups is 1. The summed E-state index contributed by atoms with van der Waals surface area (Å²) >= 11 is 1.89. The maximum Gasteiger partial charge on any atom is 0.188 e. The largest absolute Gasteiger partial charge is 0.409 e. The summed E-state index contributed by atoms with van der Waals surface area (Å²) in [7, 11) is 0. The van der Waals surface area contributed by atoms with Crippen LogP contribution in [-0.2, 0) is 5.75 Å². The van der Waals surface area contributed by atoms with E-state index < -0.39 is 0 Å². The van der Waals surface area contributed by atoms with Crippen molar-refractivity contribution in [2.45, 2.75) is 31.3 Å². The molecule has 0 saturated heterocycles. The molecule has 4 nitrogen and oxygen atoms in total. The molecular formula is C11H17N3OS. The van der Waals surface area contributed by atoms with Gasteiger partial charge < -0.3 is 10.9 Å². The van der Waals surface area contributed by atoms with Crippen LogP contribution in [0.1, 0.15) is 31.5 Å². The van der Waals surface area contributed by atoms with Gasteiger partial charge in [0.25, 0.3) is 0 Å². The number of nitrogens with two attached hydrogens (primary N) is 1. The van der Waals surface area contributed by atoms with Gasteiger partial charge >= 0.3 is 0 Å². The summed E-state index contributed by atoms with van der Waals surface area (Å²) in [6, 6.07) is 3.80. The smallest absolute Gasteiger partial charge is 0.188 e. The molecule has 0 bridgehead atoms. The van der Waals surface area contributed by atoms with Gasteiger partial charge in [0.2, 0.25) is 0 Å². The van der Waals surface area contributed by atoms with Crippen molar-refractivity contribution < 1.29 is 5.21 Å². The number of rotatable bonds is 5. The van der Waals surface area contributed by atoms with Gasteiger partial charge in [-0.05, 0) is 24.1 Å².